The molecule has 0 spiro atoms. The maximum atomic E-state index is 12.5. The zero-order valence-corrected chi connectivity index (χ0v) is 15.4. The van der Waals surface area contributed by atoms with Gasteiger partial charge in [0.1, 0.15) is 0 Å². The van der Waals surface area contributed by atoms with Crippen molar-refractivity contribution < 1.29 is 23.8 Å². The highest BCUT2D eigenvalue weighted by molar-refractivity contribution is 5.88. The van der Waals surface area contributed by atoms with Gasteiger partial charge in [-0.25, -0.2) is 0 Å². The van der Waals surface area contributed by atoms with Crippen molar-refractivity contribution in [2.24, 2.45) is 0 Å². The van der Waals surface area contributed by atoms with Crippen LogP contribution in [0.4, 0.5) is 0 Å². The van der Waals surface area contributed by atoms with E-state index >= 15 is 0 Å². The lowest BCUT2D eigenvalue weighted by Gasteiger charge is -2.30. The van der Waals surface area contributed by atoms with Crippen LogP contribution in [0.2, 0.25) is 0 Å². The number of amides is 2. The van der Waals surface area contributed by atoms with Crippen molar-refractivity contribution in [2.45, 2.75) is 26.3 Å². The van der Waals surface area contributed by atoms with Crippen molar-refractivity contribution in [2.75, 3.05) is 66.8 Å². The lowest BCUT2D eigenvalue weighted by Crippen LogP contribution is -2.51. The third kappa shape index (κ3) is 10.5. The molecule has 0 aromatic rings. The Bertz CT molecular complexity index is 334. The van der Waals surface area contributed by atoms with Gasteiger partial charge in [0.15, 0.2) is 0 Å². The highest BCUT2D eigenvalue weighted by Gasteiger charge is 2.27. The third-order valence-corrected chi connectivity index (χ3v) is 3.41. The molecule has 1 unspecified atom stereocenters. The van der Waals surface area contributed by atoms with Crippen LogP contribution in [0, 0.1) is 0 Å². The van der Waals surface area contributed by atoms with Gasteiger partial charge in [0.2, 0.25) is 11.8 Å². The van der Waals surface area contributed by atoms with Gasteiger partial charge in [0.25, 0.3) is 0 Å². The van der Waals surface area contributed by atoms with Crippen LogP contribution in [-0.2, 0) is 23.8 Å². The summed E-state index contributed by atoms with van der Waals surface area (Å²) in [6.07, 6.45) is 0.0989. The average molecular weight is 347 g/mol. The molecule has 8 nitrogen and oxygen atoms in total. The first-order chi connectivity index (χ1) is 11.6. The van der Waals surface area contributed by atoms with E-state index in [0.717, 1.165) is 0 Å². The Morgan fingerprint density at radius 2 is 1.62 bits per heavy atom. The van der Waals surface area contributed by atoms with Crippen molar-refractivity contribution >= 4 is 11.8 Å². The van der Waals surface area contributed by atoms with E-state index in [4.69, 9.17) is 14.2 Å². The number of rotatable bonds is 15. The maximum Gasteiger partial charge on any atom is 0.237 e. The van der Waals surface area contributed by atoms with Gasteiger partial charge in [-0.3, -0.25) is 14.5 Å². The molecule has 0 aromatic heterocycles. The van der Waals surface area contributed by atoms with Crippen LogP contribution in [0.1, 0.15) is 20.3 Å². The van der Waals surface area contributed by atoms with Gasteiger partial charge in [0, 0.05) is 47.0 Å². The van der Waals surface area contributed by atoms with Crippen molar-refractivity contribution in [1.82, 2.24) is 15.5 Å². The first-order valence-corrected chi connectivity index (χ1v) is 8.44. The van der Waals surface area contributed by atoms with E-state index in [1.54, 1.807) is 14.2 Å². The van der Waals surface area contributed by atoms with Crippen LogP contribution in [0.25, 0.3) is 0 Å². The number of nitrogens with one attached hydrogen (secondary N) is 2. The smallest absolute Gasteiger partial charge is 0.237 e. The fraction of sp³-hybridized carbons (Fsp3) is 0.875. The largest absolute Gasteiger partial charge is 0.383 e. The number of methoxy groups -OCH3 is 2. The van der Waals surface area contributed by atoms with E-state index in [9.17, 15) is 9.59 Å². The molecule has 0 radical (unpaired) electrons. The average Bonchev–Trinajstić information content (AvgIpc) is 2.57. The van der Waals surface area contributed by atoms with Crippen LogP contribution in [-0.4, -0.2) is 89.6 Å². The monoisotopic (exact) mass is 347 g/mol. The summed E-state index contributed by atoms with van der Waals surface area (Å²) in [6.45, 7) is 7.79. The lowest BCUT2D eigenvalue weighted by molar-refractivity contribution is -0.132. The summed E-state index contributed by atoms with van der Waals surface area (Å²) in [5, 5.41) is 5.57. The normalized spacial score (nSPS) is 12.2. The standard InChI is InChI=1S/C16H33N3O5/c1-5-17-15(20)13-14(16(21)18-7-10-24-6-2)19(8-11-22-3)9-12-23-4/h14H,5-13H2,1-4H3,(H,17,20)(H,18,21). The van der Waals surface area contributed by atoms with E-state index in [2.05, 4.69) is 10.6 Å². The Hall–Kier alpha value is -1.22. The van der Waals surface area contributed by atoms with Crippen LogP contribution in [0.3, 0.4) is 0 Å². The van der Waals surface area contributed by atoms with Gasteiger partial charge in [0.05, 0.1) is 32.3 Å². The van der Waals surface area contributed by atoms with Gasteiger partial charge in [-0.1, -0.05) is 0 Å². The van der Waals surface area contributed by atoms with Crippen molar-refractivity contribution in [3.8, 4) is 0 Å². The van der Waals surface area contributed by atoms with Gasteiger partial charge in [-0.05, 0) is 13.8 Å². The first-order valence-electron chi connectivity index (χ1n) is 8.44. The van der Waals surface area contributed by atoms with Crippen LogP contribution in [0.15, 0.2) is 0 Å². The summed E-state index contributed by atoms with van der Waals surface area (Å²) >= 11 is 0. The predicted molar refractivity (Wildman–Crippen MR) is 91.9 cm³/mol. The van der Waals surface area contributed by atoms with Gasteiger partial charge in [-0.15, -0.1) is 0 Å². The van der Waals surface area contributed by atoms with Crippen LogP contribution in [0.5, 0.6) is 0 Å². The molecule has 0 saturated carbocycles. The van der Waals surface area contributed by atoms with Crippen LogP contribution >= 0.6 is 0 Å². The van der Waals surface area contributed by atoms with Gasteiger partial charge < -0.3 is 24.8 Å². The summed E-state index contributed by atoms with van der Waals surface area (Å²) in [6, 6.07) is -0.566. The molecule has 0 fully saturated rings. The highest BCUT2D eigenvalue weighted by Crippen LogP contribution is 2.06. The zero-order chi connectivity index (χ0) is 18.2. The number of carbonyl (C=O) groups is 2. The number of nitrogens with zero attached hydrogens (tertiary/aromatic N) is 1. The second-order valence-electron chi connectivity index (χ2n) is 5.18. The number of ether oxygens (including phenoxy) is 3. The molecule has 0 saturated heterocycles. The molecule has 0 aliphatic carbocycles. The molecule has 142 valence electrons. The van der Waals surface area contributed by atoms with E-state index in [-0.39, 0.29) is 18.2 Å². The molecule has 0 aromatic carbocycles. The number of hydrogen-bond acceptors (Lipinski definition) is 6. The maximum absolute atomic E-state index is 12.5. The quantitative estimate of drug-likeness (QED) is 0.393. The fourth-order valence-corrected chi connectivity index (χ4v) is 2.18. The fourth-order valence-electron chi connectivity index (χ4n) is 2.18. The Morgan fingerprint density at radius 1 is 1.00 bits per heavy atom. The van der Waals surface area contributed by atoms with Gasteiger partial charge >= 0.3 is 0 Å². The van der Waals surface area contributed by atoms with E-state index in [1.165, 1.54) is 0 Å². The molecular formula is C16H33N3O5. The summed E-state index contributed by atoms with van der Waals surface area (Å²) < 4.78 is 15.5. The molecule has 2 amide bonds. The first kappa shape index (κ1) is 22.8. The highest BCUT2D eigenvalue weighted by atomic mass is 16.5. The molecule has 8 heteroatoms. The second kappa shape index (κ2) is 15.3. The molecule has 1 atom stereocenters. The van der Waals surface area contributed by atoms with E-state index in [1.807, 2.05) is 18.7 Å². The van der Waals surface area contributed by atoms with E-state index < -0.39 is 6.04 Å². The third-order valence-electron chi connectivity index (χ3n) is 3.41. The molecule has 0 aliphatic rings. The lowest BCUT2D eigenvalue weighted by atomic mass is 10.1. The Labute approximate surface area is 145 Å². The minimum absolute atomic E-state index is 0.0989. The Morgan fingerprint density at radius 3 is 2.12 bits per heavy atom. The second-order valence-corrected chi connectivity index (χ2v) is 5.18. The zero-order valence-electron chi connectivity index (χ0n) is 15.4. The SMILES string of the molecule is CCNC(=O)CC(C(=O)NCCOCC)N(CCOC)CCOC. The molecular weight excluding hydrogens is 314 g/mol. The predicted octanol–water partition coefficient (Wildman–Crippen LogP) is -0.371. The molecule has 2 N–H and O–H groups in total. The molecule has 0 aliphatic heterocycles. The van der Waals surface area contributed by atoms with E-state index in [0.29, 0.717) is 52.6 Å². The molecule has 24 heavy (non-hydrogen) atoms. The molecule has 0 rings (SSSR count). The summed E-state index contributed by atoms with van der Waals surface area (Å²) in [5.74, 6) is -0.338. The topological polar surface area (TPSA) is 89.1 Å². The van der Waals surface area contributed by atoms with Gasteiger partial charge in [-0.2, -0.15) is 0 Å². The molecule has 0 bridgehead atoms. The summed E-state index contributed by atoms with van der Waals surface area (Å²) in [7, 11) is 3.21. The number of hydrogen-bond donors (Lipinski definition) is 2. The van der Waals surface area contributed by atoms with Crippen molar-refractivity contribution in [3.05, 3.63) is 0 Å². The van der Waals surface area contributed by atoms with Crippen molar-refractivity contribution in [3.63, 3.8) is 0 Å². The summed E-state index contributed by atoms with van der Waals surface area (Å²) in [5.41, 5.74) is 0. The minimum Gasteiger partial charge on any atom is -0.383 e. The van der Waals surface area contributed by atoms with Crippen LogP contribution < -0.4 is 10.6 Å². The molecule has 0 heterocycles. The minimum atomic E-state index is -0.566. The van der Waals surface area contributed by atoms with Crippen molar-refractivity contribution in [1.29, 1.82) is 0 Å². The number of carbonyl (C=O) groups excluding carboxylic acids is 2. The summed E-state index contributed by atoms with van der Waals surface area (Å²) in [4.78, 5) is 26.4. The Kier molecular flexibility index (Phi) is 14.5. The Balaban J connectivity index is 4.87.